The Balaban J connectivity index is 1.51. The quantitative estimate of drug-likeness (QED) is 0.657. The zero-order valence-corrected chi connectivity index (χ0v) is 16.4. The molecule has 0 N–H and O–H groups in total. The maximum Gasteiger partial charge on any atom is 0.268 e. The second kappa shape index (κ2) is 8.89. The first-order valence-electron chi connectivity index (χ1n) is 9.51. The highest BCUT2D eigenvalue weighted by Crippen LogP contribution is 2.25. The molecule has 2 aromatic carbocycles. The number of amides is 1. The van der Waals surface area contributed by atoms with E-state index in [0.29, 0.717) is 12.3 Å². The van der Waals surface area contributed by atoms with Gasteiger partial charge in [0.05, 0.1) is 0 Å². The van der Waals surface area contributed by atoms with E-state index in [1.54, 1.807) is 11.3 Å². The highest BCUT2D eigenvalue weighted by atomic mass is 32.1. The number of carbonyl (C=O) groups is 1. The average molecular weight is 394 g/mol. The summed E-state index contributed by atoms with van der Waals surface area (Å²) in [5, 5.41) is 3.01. The number of nitrogens with zero attached hydrogens (tertiary/aromatic N) is 3. The molecule has 1 aromatic heterocycles. The third kappa shape index (κ3) is 4.34. The van der Waals surface area contributed by atoms with E-state index < -0.39 is 6.10 Å². The average Bonchev–Trinajstić information content (AvgIpc) is 3.17. The fraction of sp³-hybridized carbons (Fsp3) is 0.273. The second-order valence-electron chi connectivity index (χ2n) is 6.70. The lowest BCUT2D eigenvalue weighted by Gasteiger charge is -2.27. The summed E-state index contributed by atoms with van der Waals surface area (Å²) < 4.78 is 6.14. The van der Waals surface area contributed by atoms with Crippen molar-refractivity contribution in [1.29, 1.82) is 0 Å². The summed E-state index contributed by atoms with van der Waals surface area (Å²) in [6.07, 6.45) is 2.10. The van der Waals surface area contributed by atoms with E-state index in [-0.39, 0.29) is 5.91 Å². The van der Waals surface area contributed by atoms with Gasteiger partial charge in [-0.1, -0.05) is 48.5 Å². The molecular weight excluding hydrogens is 370 g/mol. The predicted molar refractivity (Wildman–Crippen MR) is 112 cm³/mol. The summed E-state index contributed by atoms with van der Waals surface area (Å²) in [5.41, 5.74) is 0.873. The van der Waals surface area contributed by atoms with Crippen LogP contribution in [0.2, 0.25) is 0 Å². The van der Waals surface area contributed by atoms with Gasteiger partial charge in [-0.25, -0.2) is 4.98 Å². The summed E-state index contributed by atoms with van der Waals surface area (Å²) in [5.74, 6) is 0.708. The molecule has 6 heteroatoms. The topological polar surface area (TPSA) is 45.7 Å². The molecular formula is C22H23N3O2S. The third-order valence-corrected chi connectivity index (χ3v) is 5.65. The molecule has 144 valence electrons. The first kappa shape index (κ1) is 18.5. The monoisotopic (exact) mass is 393 g/mol. The fourth-order valence-electron chi connectivity index (χ4n) is 3.39. The van der Waals surface area contributed by atoms with Gasteiger partial charge in [-0.05, 0) is 18.6 Å². The highest BCUT2D eigenvalue weighted by Gasteiger charge is 2.29. The second-order valence-corrected chi connectivity index (χ2v) is 7.58. The Morgan fingerprint density at radius 1 is 0.964 bits per heavy atom. The van der Waals surface area contributed by atoms with Gasteiger partial charge in [-0.3, -0.25) is 4.79 Å². The van der Waals surface area contributed by atoms with E-state index in [2.05, 4.69) is 9.88 Å². The number of benzene rings is 2. The van der Waals surface area contributed by atoms with E-state index >= 15 is 0 Å². The minimum absolute atomic E-state index is 0.0102. The molecule has 5 nitrogen and oxygen atoms in total. The lowest BCUT2D eigenvalue weighted by Crippen LogP contribution is -2.39. The smallest absolute Gasteiger partial charge is 0.268 e. The number of thiazole rings is 1. The molecule has 2 heterocycles. The Labute approximate surface area is 169 Å². The van der Waals surface area contributed by atoms with Crippen LogP contribution in [-0.2, 0) is 4.79 Å². The largest absolute Gasteiger partial charge is 0.476 e. The Morgan fingerprint density at radius 3 is 2.43 bits per heavy atom. The van der Waals surface area contributed by atoms with Crippen LogP contribution >= 0.6 is 11.3 Å². The van der Waals surface area contributed by atoms with Gasteiger partial charge in [0.25, 0.3) is 5.91 Å². The van der Waals surface area contributed by atoms with Gasteiger partial charge in [-0.2, -0.15) is 0 Å². The molecule has 1 atom stereocenters. The van der Waals surface area contributed by atoms with Crippen molar-refractivity contribution < 1.29 is 9.53 Å². The molecule has 1 saturated heterocycles. The first-order valence-corrected chi connectivity index (χ1v) is 10.4. The van der Waals surface area contributed by atoms with Crippen molar-refractivity contribution in [3.05, 3.63) is 77.8 Å². The minimum atomic E-state index is -0.644. The number of hydrogen-bond donors (Lipinski definition) is 0. The van der Waals surface area contributed by atoms with Crippen LogP contribution in [0.25, 0.3) is 0 Å². The molecule has 1 fully saturated rings. The van der Waals surface area contributed by atoms with Crippen molar-refractivity contribution in [2.24, 2.45) is 0 Å². The Kier molecular flexibility index (Phi) is 5.87. The zero-order valence-electron chi connectivity index (χ0n) is 15.6. The van der Waals surface area contributed by atoms with Crippen LogP contribution in [0.3, 0.4) is 0 Å². The molecule has 3 aromatic rings. The van der Waals surface area contributed by atoms with E-state index in [9.17, 15) is 4.79 Å². The summed E-state index contributed by atoms with van der Waals surface area (Å²) in [6.45, 7) is 3.08. The highest BCUT2D eigenvalue weighted by molar-refractivity contribution is 7.13. The molecule has 0 bridgehead atoms. The lowest BCUT2D eigenvalue weighted by atomic mass is 10.1. The minimum Gasteiger partial charge on any atom is -0.476 e. The number of carbonyl (C=O) groups excluding carboxylic acids is 1. The zero-order chi connectivity index (χ0) is 19.2. The number of hydrogen-bond acceptors (Lipinski definition) is 5. The Bertz CT molecular complexity index is 871. The SMILES string of the molecule is O=C(C(Oc1ccccc1)c1ccccc1)N1CCCN(c2nccs2)CC1. The number of ether oxygens (including phenoxy) is 1. The van der Waals surface area contributed by atoms with Gasteiger partial charge in [0, 0.05) is 43.3 Å². The lowest BCUT2D eigenvalue weighted by molar-refractivity contribution is -0.138. The van der Waals surface area contributed by atoms with Crippen LogP contribution in [-0.4, -0.2) is 42.0 Å². The van der Waals surface area contributed by atoms with Gasteiger partial charge in [0.2, 0.25) is 6.10 Å². The molecule has 0 spiro atoms. The van der Waals surface area contributed by atoms with Gasteiger partial charge < -0.3 is 14.5 Å². The molecule has 1 unspecified atom stereocenters. The van der Waals surface area contributed by atoms with Crippen molar-refractivity contribution in [3.8, 4) is 5.75 Å². The van der Waals surface area contributed by atoms with Crippen molar-refractivity contribution in [2.75, 3.05) is 31.1 Å². The van der Waals surface area contributed by atoms with E-state index in [0.717, 1.165) is 36.8 Å². The summed E-state index contributed by atoms with van der Waals surface area (Å²) in [4.78, 5) is 22.0. The van der Waals surface area contributed by atoms with Crippen LogP contribution in [0, 0.1) is 0 Å². The van der Waals surface area contributed by atoms with Gasteiger partial charge in [-0.15, -0.1) is 11.3 Å². The summed E-state index contributed by atoms with van der Waals surface area (Å²) in [6, 6.07) is 19.3. The number of rotatable bonds is 5. The van der Waals surface area contributed by atoms with E-state index in [4.69, 9.17) is 4.74 Å². The van der Waals surface area contributed by atoms with E-state index in [1.165, 1.54) is 0 Å². The molecule has 0 radical (unpaired) electrons. The normalized spacial score (nSPS) is 15.7. The molecule has 1 aliphatic heterocycles. The molecule has 0 aliphatic carbocycles. The molecule has 1 amide bonds. The molecule has 1 aliphatic rings. The fourth-order valence-corrected chi connectivity index (χ4v) is 4.09. The number of aromatic nitrogens is 1. The maximum absolute atomic E-state index is 13.4. The van der Waals surface area contributed by atoms with Crippen molar-refractivity contribution in [3.63, 3.8) is 0 Å². The van der Waals surface area contributed by atoms with Crippen LogP contribution in [0.1, 0.15) is 18.1 Å². The van der Waals surface area contributed by atoms with Crippen LogP contribution in [0.4, 0.5) is 5.13 Å². The predicted octanol–water partition coefficient (Wildman–Crippen LogP) is 4.00. The number of para-hydroxylation sites is 1. The molecule has 28 heavy (non-hydrogen) atoms. The van der Waals surface area contributed by atoms with Gasteiger partial charge >= 0.3 is 0 Å². The van der Waals surface area contributed by atoms with Crippen molar-refractivity contribution in [2.45, 2.75) is 12.5 Å². The van der Waals surface area contributed by atoms with Crippen molar-refractivity contribution >= 4 is 22.4 Å². The van der Waals surface area contributed by atoms with Crippen LogP contribution in [0.15, 0.2) is 72.2 Å². The van der Waals surface area contributed by atoms with Crippen LogP contribution < -0.4 is 9.64 Å². The molecule has 0 saturated carbocycles. The van der Waals surface area contributed by atoms with E-state index in [1.807, 2.05) is 77.1 Å². The standard InChI is InChI=1S/C22H23N3O2S/c26-21(24-13-7-14-25(16-15-24)22-23-12-17-28-22)20(18-8-3-1-4-9-18)27-19-10-5-2-6-11-19/h1-6,8-12,17,20H,7,13-16H2. The maximum atomic E-state index is 13.4. The first-order chi connectivity index (χ1) is 13.8. The van der Waals surface area contributed by atoms with Crippen molar-refractivity contribution in [1.82, 2.24) is 9.88 Å². The van der Waals surface area contributed by atoms with Gasteiger partial charge in [0.15, 0.2) is 5.13 Å². The summed E-state index contributed by atoms with van der Waals surface area (Å²) in [7, 11) is 0. The molecule has 4 rings (SSSR count). The third-order valence-electron chi connectivity index (χ3n) is 4.82. The van der Waals surface area contributed by atoms with Gasteiger partial charge in [0.1, 0.15) is 5.75 Å². The Morgan fingerprint density at radius 2 is 1.71 bits per heavy atom. The Hall–Kier alpha value is -2.86. The van der Waals surface area contributed by atoms with Crippen LogP contribution in [0.5, 0.6) is 5.75 Å². The number of anilines is 1. The summed E-state index contributed by atoms with van der Waals surface area (Å²) >= 11 is 1.64.